The fourth-order valence-corrected chi connectivity index (χ4v) is 3.49. The van der Waals surface area contributed by atoms with Crippen molar-refractivity contribution in [2.24, 2.45) is 18.2 Å². The zero-order chi connectivity index (χ0) is 15.2. The van der Waals surface area contributed by atoms with Crippen LogP contribution in [0.5, 0.6) is 0 Å². The lowest BCUT2D eigenvalue weighted by Crippen LogP contribution is -2.56. The second-order valence-corrected chi connectivity index (χ2v) is 7.02. The lowest BCUT2D eigenvalue weighted by molar-refractivity contribution is -0.122. The van der Waals surface area contributed by atoms with Crippen molar-refractivity contribution in [1.82, 2.24) is 14.7 Å². The Labute approximate surface area is 125 Å². The van der Waals surface area contributed by atoms with Gasteiger partial charge in [-0.15, -0.1) is 0 Å². The average Bonchev–Trinajstić information content (AvgIpc) is 2.99. The van der Waals surface area contributed by atoms with E-state index in [-0.39, 0.29) is 23.4 Å². The predicted octanol–water partition coefficient (Wildman–Crippen LogP) is 0.585. The minimum Gasteiger partial charge on any atom is -0.327 e. The van der Waals surface area contributed by atoms with E-state index in [1.807, 2.05) is 18.1 Å². The first-order valence-corrected chi connectivity index (χ1v) is 7.68. The van der Waals surface area contributed by atoms with Gasteiger partial charge in [-0.05, 0) is 18.3 Å². The molecule has 0 spiro atoms. The minimum atomic E-state index is -0.00280. The number of carbonyl (C=O) groups is 1. The Morgan fingerprint density at radius 2 is 2.10 bits per heavy atom. The van der Waals surface area contributed by atoms with Crippen LogP contribution in [-0.2, 0) is 11.8 Å². The van der Waals surface area contributed by atoms with Crippen LogP contribution in [0, 0.1) is 5.41 Å². The second kappa shape index (κ2) is 5.10. The molecule has 1 amide bonds. The quantitative estimate of drug-likeness (QED) is 0.866. The number of aryl methyl sites for hydroxylation is 1. The van der Waals surface area contributed by atoms with Gasteiger partial charge in [-0.3, -0.25) is 14.4 Å². The van der Waals surface area contributed by atoms with Crippen molar-refractivity contribution in [1.29, 1.82) is 0 Å². The van der Waals surface area contributed by atoms with Crippen molar-refractivity contribution in [2.45, 2.75) is 38.8 Å². The largest absolute Gasteiger partial charge is 0.327 e. The zero-order valence-corrected chi connectivity index (χ0v) is 13.1. The van der Waals surface area contributed by atoms with Crippen molar-refractivity contribution in [3.63, 3.8) is 0 Å². The van der Waals surface area contributed by atoms with Gasteiger partial charge in [0.25, 0.3) is 0 Å². The van der Waals surface area contributed by atoms with Crippen LogP contribution in [-0.4, -0.2) is 52.3 Å². The number of rotatable bonds is 2. The summed E-state index contributed by atoms with van der Waals surface area (Å²) in [6.45, 7) is 6.98. The van der Waals surface area contributed by atoms with Crippen molar-refractivity contribution < 1.29 is 4.79 Å². The van der Waals surface area contributed by atoms with E-state index in [4.69, 9.17) is 5.73 Å². The van der Waals surface area contributed by atoms with Gasteiger partial charge in [-0.2, -0.15) is 5.10 Å². The van der Waals surface area contributed by atoms with Gasteiger partial charge in [0.15, 0.2) is 0 Å². The molecule has 3 rings (SSSR count). The van der Waals surface area contributed by atoms with E-state index < -0.39 is 0 Å². The maximum atomic E-state index is 12.7. The van der Waals surface area contributed by atoms with E-state index in [0.717, 1.165) is 38.2 Å². The third-order valence-electron chi connectivity index (χ3n) is 4.96. The number of amides is 1. The number of likely N-dealkylation sites (tertiary alicyclic amines) is 1. The van der Waals surface area contributed by atoms with Crippen molar-refractivity contribution in [3.05, 3.63) is 12.4 Å². The molecule has 6 heteroatoms. The molecular weight excluding hydrogens is 266 g/mol. The molecule has 0 saturated carbocycles. The highest BCUT2D eigenvalue weighted by Crippen LogP contribution is 2.32. The number of piperidine rings is 1. The smallest absolute Gasteiger partial charge is 0.244 e. The Morgan fingerprint density at radius 1 is 1.33 bits per heavy atom. The average molecular weight is 291 g/mol. The highest BCUT2D eigenvalue weighted by Gasteiger charge is 2.42. The molecule has 1 aromatic rings. The van der Waals surface area contributed by atoms with Crippen LogP contribution in [0.2, 0.25) is 0 Å². The Bertz CT molecular complexity index is 538. The first-order chi connectivity index (χ1) is 9.88. The topological polar surface area (TPSA) is 67.4 Å². The van der Waals surface area contributed by atoms with Gasteiger partial charge < -0.3 is 10.6 Å². The van der Waals surface area contributed by atoms with Crippen LogP contribution in [0.4, 0.5) is 5.69 Å². The Balaban J connectivity index is 1.72. The molecule has 2 atom stereocenters. The number of nitrogens with two attached hydrogens (primary N) is 1. The summed E-state index contributed by atoms with van der Waals surface area (Å²) in [6, 6.07) is 0.219. The van der Waals surface area contributed by atoms with Gasteiger partial charge in [-0.1, -0.05) is 13.8 Å². The molecule has 2 aliphatic heterocycles. The fourth-order valence-electron chi connectivity index (χ4n) is 3.49. The first kappa shape index (κ1) is 14.5. The molecule has 21 heavy (non-hydrogen) atoms. The molecule has 0 bridgehead atoms. The monoisotopic (exact) mass is 291 g/mol. The van der Waals surface area contributed by atoms with Crippen molar-refractivity contribution >= 4 is 11.6 Å². The summed E-state index contributed by atoms with van der Waals surface area (Å²) in [6.07, 6.45) is 5.51. The van der Waals surface area contributed by atoms with E-state index in [0.29, 0.717) is 0 Å². The van der Waals surface area contributed by atoms with Crippen LogP contribution < -0.4 is 10.6 Å². The lowest BCUT2D eigenvalue weighted by atomic mass is 9.79. The van der Waals surface area contributed by atoms with Gasteiger partial charge in [0.05, 0.1) is 17.9 Å². The molecule has 0 radical (unpaired) electrons. The summed E-state index contributed by atoms with van der Waals surface area (Å²) in [5.74, 6) is 0.203. The number of nitrogens with zero attached hydrogens (tertiary/aromatic N) is 4. The van der Waals surface area contributed by atoms with Gasteiger partial charge in [0.2, 0.25) is 5.91 Å². The molecule has 2 fully saturated rings. The van der Waals surface area contributed by atoms with E-state index in [2.05, 4.69) is 23.8 Å². The molecule has 3 heterocycles. The van der Waals surface area contributed by atoms with Crippen LogP contribution in [0.25, 0.3) is 0 Å². The molecule has 116 valence electrons. The molecule has 6 nitrogen and oxygen atoms in total. The van der Waals surface area contributed by atoms with Crippen LogP contribution in [0.3, 0.4) is 0 Å². The molecule has 2 saturated heterocycles. The van der Waals surface area contributed by atoms with Gasteiger partial charge in [0.1, 0.15) is 0 Å². The normalized spacial score (nSPS) is 30.1. The van der Waals surface area contributed by atoms with Crippen LogP contribution in [0.1, 0.15) is 26.7 Å². The molecule has 1 aromatic heterocycles. The van der Waals surface area contributed by atoms with Crippen LogP contribution >= 0.6 is 0 Å². The SMILES string of the molecule is Cn1cc(N2CCC(N3CCC(N)C(C)(C)C3)C2=O)cn1. The molecule has 2 aliphatic rings. The summed E-state index contributed by atoms with van der Waals surface area (Å²) in [7, 11) is 1.87. The predicted molar refractivity (Wildman–Crippen MR) is 81.9 cm³/mol. The maximum Gasteiger partial charge on any atom is 0.244 e. The van der Waals surface area contributed by atoms with E-state index >= 15 is 0 Å². The van der Waals surface area contributed by atoms with Crippen molar-refractivity contribution in [2.75, 3.05) is 24.5 Å². The Hall–Kier alpha value is -1.40. The molecule has 0 aliphatic carbocycles. The minimum absolute atomic E-state index is 0.00280. The summed E-state index contributed by atoms with van der Waals surface area (Å²) < 4.78 is 1.74. The van der Waals surface area contributed by atoms with Gasteiger partial charge >= 0.3 is 0 Å². The fraction of sp³-hybridized carbons (Fsp3) is 0.733. The number of carbonyl (C=O) groups excluding carboxylic acids is 1. The molecule has 2 unspecified atom stereocenters. The van der Waals surface area contributed by atoms with Crippen LogP contribution in [0.15, 0.2) is 12.4 Å². The number of hydrogen-bond donors (Lipinski definition) is 1. The maximum absolute atomic E-state index is 12.7. The van der Waals surface area contributed by atoms with E-state index in [9.17, 15) is 4.79 Å². The summed E-state index contributed by atoms with van der Waals surface area (Å²) in [4.78, 5) is 16.9. The summed E-state index contributed by atoms with van der Waals surface area (Å²) >= 11 is 0. The Kier molecular flexibility index (Phi) is 3.53. The number of aromatic nitrogens is 2. The zero-order valence-electron chi connectivity index (χ0n) is 13.1. The molecule has 0 aromatic carbocycles. The van der Waals surface area contributed by atoms with Gasteiger partial charge in [0, 0.05) is 38.9 Å². The highest BCUT2D eigenvalue weighted by atomic mass is 16.2. The van der Waals surface area contributed by atoms with E-state index in [1.54, 1.807) is 10.9 Å². The Morgan fingerprint density at radius 3 is 2.71 bits per heavy atom. The van der Waals surface area contributed by atoms with Crippen molar-refractivity contribution in [3.8, 4) is 0 Å². The summed E-state index contributed by atoms with van der Waals surface area (Å²) in [5, 5.41) is 4.16. The molecular formula is C15H25N5O. The first-order valence-electron chi connectivity index (χ1n) is 7.68. The number of hydrogen-bond acceptors (Lipinski definition) is 4. The third-order valence-corrected chi connectivity index (χ3v) is 4.96. The second-order valence-electron chi connectivity index (χ2n) is 7.02. The summed E-state index contributed by atoms with van der Waals surface area (Å²) in [5.41, 5.74) is 7.17. The van der Waals surface area contributed by atoms with Gasteiger partial charge in [-0.25, -0.2) is 0 Å². The number of anilines is 1. The lowest BCUT2D eigenvalue weighted by Gasteiger charge is -2.44. The molecule has 2 N–H and O–H groups in total. The third kappa shape index (κ3) is 2.58. The highest BCUT2D eigenvalue weighted by molar-refractivity contribution is 5.99. The standard InChI is InChI=1S/C15H25N5O/c1-15(2)10-19(6-5-13(15)16)12-4-7-20(14(12)21)11-8-17-18(3)9-11/h8-9,12-13H,4-7,10,16H2,1-3H3. The van der Waals surface area contributed by atoms with E-state index in [1.165, 1.54) is 0 Å².